The maximum Gasteiger partial charge on any atom is 0.0545 e. The predicted molar refractivity (Wildman–Crippen MR) is 55.1 cm³/mol. The number of rotatable bonds is 2. The predicted octanol–water partition coefficient (Wildman–Crippen LogP) is 1.32. The second kappa shape index (κ2) is 3.38. The molecule has 0 aromatic rings. The van der Waals surface area contributed by atoms with E-state index in [1.54, 1.807) is 0 Å². The van der Waals surface area contributed by atoms with Crippen LogP contribution in [0.4, 0.5) is 0 Å². The van der Waals surface area contributed by atoms with E-state index in [9.17, 15) is 0 Å². The highest BCUT2D eigenvalue weighted by Crippen LogP contribution is 2.25. The molecular weight excluding hydrogens is 160 g/mol. The summed E-state index contributed by atoms with van der Waals surface area (Å²) in [7, 11) is 0. The Labute approximate surface area is 79.2 Å². The van der Waals surface area contributed by atoms with Crippen molar-refractivity contribution >= 4 is 0 Å². The average Bonchev–Trinajstić information content (AvgIpc) is 2.44. The summed E-state index contributed by atoms with van der Waals surface area (Å²) in [5, 5.41) is 3.44. The topological polar surface area (TPSA) is 38.0 Å². The van der Waals surface area contributed by atoms with Crippen LogP contribution in [-0.2, 0) is 0 Å². The van der Waals surface area contributed by atoms with Gasteiger partial charge in [0.1, 0.15) is 0 Å². The van der Waals surface area contributed by atoms with Crippen LogP contribution in [0, 0.1) is 5.92 Å². The Morgan fingerprint density at radius 2 is 2.31 bits per heavy atom. The molecule has 2 unspecified atom stereocenters. The molecule has 0 aromatic heterocycles. The van der Waals surface area contributed by atoms with E-state index in [0.29, 0.717) is 12.0 Å². The third-order valence-electron chi connectivity index (χ3n) is 2.61. The molecule has 2 aliphatic rings. The van der Waals surface area contributed by atoms with Gasteiger partial charge in [-0.25, -0.2) is 0 Å². The van der Waals surface area contributed by atoms with E-state index in [2.05, 4.69) is 36.5 Å². The Morgan fingerprint density at radius 3 is 3.08 bits per heavy atom. The lowest BCUT2D eigenvalue weighted by Crippen LogP contribution is -2.27. The molecule has 0 aromatic carbocycles. The van der Waals surface area contributed by atoms with Gasteiger partial charge in [0.15, 0.2) is 0 Å². The van der Waals surface area contributed by atoms with Gasteiger partial charge in [-0.05, 0) is 25.5 Å². The van der Waals surface area contributed by atoms with Gasteiger partial charge < -0.3 is 11.1 Å². The minimum Gasteiger partial charge on any atom is -0.382 e. The van der Waals surface area contributed by atoms with Gasteiger partial charge >= 0.3 is 0 Å². The van der Waals surface area contributed by atoms with Crippen LogP contribution < -0.4 is 11.1 Å². The highest BCUT2D eigenvalue weighted by Gasteiger charge is 2.23. The standard InChI is InChI=1S/C11H16N2/c1-8-6-10-3-2-9(4-5-12)7-11(10)13-8/h2-3,6-7,10-11,13H,4-5,12H2,1H3. The van der Waals surface area contributed by atoms with Crippen molar-refractivity contribution in [1.82, 2.24) is 5.32 Å². The van der Waals surface area contributed by atoms with Gasteiger partial charge in [0.2, 0.25) is 0 Å². The smallest absolute Gasteiger partial charge is 0.0545 e. The van der Waals surface area contributed by atoms with Crippen LogP contribution in [0.3, 0.4) is 0 Å². The molecule has 70 valence electrons. The molecule has 1 aliphatic carbocycles. The van der Waals surface area contributed by atoms with E-state index in [4.69, 9.17) is 5.73 Å². The second-order valence-electron chi connectivity index (χ2n) is 3.74. The van der Waals surface area contributed by atoms with Crippen LogP contribution >= 0.6 is 0 Å². The number of nitrogens with two attached hydrogens (primary N) is 1. The van der Waals surface area contributed by atoms with Crippen molar-refractivity contribution in [2.75, 3.05) is 6.54 Å². The fourth-order valence-corrected chi connectivity index (χ4v) is 1.98. The van der Waals surface area contributed by atoms with Crippen molar-refractivity contribution in [3.63, 3.8) is 0 Å². The number of allylic oxidation sites excluding steroid dienone is 2. The Bertz CT molecular complexity index is 286. The Balaban J connectivity index is 2.09. The molecule has 0 bridgehead atoms. The fraction of sp³-hybridized carbons (Fsp3) is 0.455. The normalized spacial score (nSPS) is 30.6. The van der Waals surface area contributed by atoms with Gasteiger partial charge in [0.05, 0.1) is 6.04 Å². The first kappa shape index (κ1) is 8.57. The second-order valence-corrected chi connectivity index (χ2v) is 3.74. The maximum absolute atomic E-state index is 5.52. The number of fused-ring (bicyclic) bond motifs is 1. The summed E-state index contributed by atoms with van der Waals surface area (Å²) in [6.07, 6.45) is 10.0. The van der Waals surface area contributed by atoms with Crippen LogP contribution in [0.2, 0.25) is 0 Å². The van der Waals surface area contributed by atoms with Gasteiger partial charge in [0.25, 0.3) is 0 Å². The van der Waals surface area contributed by atoms with E-state index in [-0.39, 0.29) is 0 Å². The van der Waals surface area contributed by atoms with E-state index in [1.165, 1.54) is 11.3 Å². The monoisotopic (exact) mass is 176 g/mol. The summed E-state index contributed by atoms with van der Waals surface area (Å²) < 4.78 is 0. The zero-order valence-corrected chi connectivity index (χ0v) is 7.96. The molecule has 13 heavy (non-hydrogen) atoms. The first-order valence-electron chi connectivity index (χ1n) is 4.83. The Kier molecular flexibility index (Phi) is 2.23. The Morgan fingerprint density at radius 1 is 1.46 bits per heavy atom. The number of hydrogen-bond donors (Lipinski definition) is 2. The van der Waals surface area contributed by atoms with Crippen molar-refractivity contribution in [2.45, 2.75) is 19.4 Å². The van der Waals surface area contributed by atoms with Crippen molar-refractivity contribution in [1.29, 1.82) is 0 Å². The van der Waals surface area contributed by atoms with E-state index in [1.807, 2.05) is 0 Å². The van der Waals surface area contributed by atoms with Crippen LogP contribution in [0.5, 0.6) is 0 Å². The van der Waals surface area contributed by atoms with Crippen LogP contribution in [-0.4, -0.2) is 12.6 Å². The van der Waals surface area contributed by atoms with Crippen molar-refractivity contribution in [3.8, 4) is 0 Å². The van der Waals surface area contributed by atoms with Gasteiger partial charge in [-0.15, -0.1) is 0 Å². The molecule has 0 saturated heterocycles. The molecule has 3 N–H and O–H groups in total. The van der Waals surface area contributed by atoms with E-state index >= 15 is 0 Å². The van der Waals surface area contributed by atoms with Crippen molar-refractivity contribution in [2.24, 2.45) is 11.7 Å². The summed E-state index contributed by atoms with van der Waals surface area (Å²) in [5.41, 5.74) is 8.16. The highest BCUT2D eigenvalue weighted by molar-refractivity contribution is 5.34. The first-order chi connectivity index (χ1) is 6.29. The molecule has 0 fully saturated rings. The molecule has 0 spiro atoms. The highest BCUT2D eigenvalue weighted by atomic mass is 14.9. The SMILES string of the molecule is CC1=CC2C=CC(CCN)=CC2N1. The summed E-state index contributed by atoms with van der Waals surface area (Å²) in [4.78, 5) is 0. The van der Waals surface area contributed by atoms with Crippen LogP contribution in [0.1, 0.15) is 13.3 Å². The maximum atomic E-state index is 5.52. The minimum absolute atomic E-state index is 0.478. The van der Waals surface area contributed by atoms with E-state index < -0.39 is 0 Å². The Hall–Kier alpha value is -1.02. The molecule has 0 saturated carbocycles. The van der Waals surface area contributed by atoms with Crippen LogP contribution in [0.15, 0.2) is 35.6 Å². The largest absolute Gasteiger partial charge is 0.382 e. The number of nitrogens with one attached hydrogen (secondary N) is 1. The lowest BCUT2D eigenvalue weighted by Gasteiger charge is -2.19. The summed E-state index contributed by atoms with van der Waals surface area (Å²) in [5.74, 6) is 0.557. The molecule has 1 aliphatic heterocycles. The zero-order valence-electron chi connectivity index (χ0n) is 7.96. The third kappa shape index (κ3) is 1.68. The third-order valence-corrected chi connectivity index (χ3v) is 2.61. The number of hydrogen-bond acceptors (Lipinski definition) is 2. The van der Waals surface area contributed by atoms with Gasteiger partial charge in [-0.1, -0.05) is 24.3 Å². The minimum atomic E-state index is 0.478. The van der Waals surface area contributed by atoms with Crippen molar-refractivity contribution in [3.05, 3.63) is 35.6 Å². The molecular formula is C11H16N2. The summed E-state index contributed by atoms with van der Waals surface area (Å²) in [6, 6.07) is 0.478. The lowest BCUT2D eigenvalue weighted by molar-refractivity contribution is 0.630. The van der Waals surface area contributed by atoms with Crippen molar-refractivity contribution < 1.29 is 0 Å². The zero-order chi connectivity index (χ0) is 9.26. The summed E-state index contributed by atoms with van der Waals surface area (Å²) in [6.45, 7) is 2.85. The quantitative estimate of drug-likeness (QED) is 0.666. The molecule has 0 amide bonds. The first-order valence-corrected chi connectivity index (χ1v) is 4.83. The average molecular weight is 176 g/mol. The van der Waals surface area contributed by atoms with Crippen LogP contribution in [0.25, 0.3) is 0 Å². The van der Waals surface area contributed by atoms with Gasteiger partial charge in [0, 0.05) is 11.6 Å². The molecule has 2 rings (SSSR count). The lowest BCUT2D eigenvalue weighted by atomic mass is 9.92. The van der Waals surface area contributed by atoms with E-state index in [0.717, 1.165) is 13.0 Å². The fourth-order valence-electron chi connectivity index (χ4n) is 1.98. The molecule has 2 atom stereocenters. The van der Waals surface area contributed by atoms with Gasteiger partial charge in [-0.3, -0.25) is 0 Å². The summed E-state index contributed by atoms with van der Waals surface area (Å²) >= 11 is 0. The molecule has 2 nitrogen and oxygen atoms in total. The molecule has 2 heteroatoms. The molecule has 1 heterocycles. The van der Waals surface area contributed by atoms with Gasteiger partial charge in [-0.2, -0.15) is 0 Å². The molecule has 0 radical (unpaired) electrons.